The minimum absolute atomic E-state index is 0.106. The van der Waals surface area contributed by atoms with Crippen LogP contribution in [0.2, 0.25) is 0 Å². The number of nitrogens with one attached hydrogen (secondary N) is 3. The molecule has 3 N–H and O–H groups in total. The van der Waals surface area contributed by atoms with Crippen molar-refractivity contribution in [2.75, 3.05) is 24.2 Å². The standard InChI is InChI=1S/C21H25N5O2S/c1-21(2,3)26-9-8-15(12-26)19(28)23-11-18(27)25-20-24-17(13-29-20)14-6-5-7-16(10-14)22-4/h5-10,12-13,22H,11H2,1-4H3,(H,23,28)(H,24,25,27). The molecule has 0 atom stereocenters. The van der Waals surface area contributed by atoms with Crippen molar-refractivity contribution < 1.29 is 9.59 Å². The van der Waals surface area contributed by atoms with E-state index < -0.39 is 0 Å². The van der Waals surface area contributed by atoms with Gasteiger partial charge >= 0.3 is 0 Å². The van der Waals surface area contributed by atoms with E-state index in [4.69, 9.17) is 0 Å². The fraction of sp³-hybridized carbons (Fsp3) is 0.286. The number of hydrogen-bond donors (Lipinski definition) is 3. The highest BCUT2D eigenvalue weighted by Gasteiger charge is 2.16. The zero-order valence-electron chi connectivity index (χ0n) is 16.9. The second-order valence-corrected chi connectivity index (χ2v) is 8.44. The van der Waals surface area contributed by atoms with Crippen molar-refractivity contribution >= 4 is 34.0 Å². The molecule has 8 heteroatoms. The van der Waals surface area contributed by atoms with E-state index in [-0.39, 0.29) is 23.9 Å². The third-order valence-corrected chi connectivity index (χ3v) is 5.09. The van der Waals surface area contributed by atoms with Crippen LogP contribution in [0.1, 0.15) is 31.1 Å². The number of carbonyl (C=O) groups is 2. The lowest BCUT2D eigenvalue weighted by molar-refractivity contribution is -0.115. The molecule has 29 heavy (non-hydrogen) atoms. The molecular formula is C21H25N5O2S. The maximum atomic E-state index is 12.3. The summed E-state index contributed by atoms with van der Waals surface area (Å²) in [5.41, 5.74) is 3.16. The van der Waals surface area contributed by atoms with Gasteiger partial charge in [0.2, 0.25) is 5.91 Å². The molecule has 0 aliphatic rings. The number of hydrogen-bond acceptors (Lipinski definition) is 5. The van der Waals surface area contributed by atoms with Crippen molar-refractivity contribution in [3.8, 4) is 11.3 Å². The van der Waals surface area contributed by atoms with Crippen LogP contribution in [0.5, 0.6) is 0 Å². The molecule has 0 spiro atoms. The van der Waals surface area contributed by atoms with Crippen molar-refractivity contribution in [3.05, 3.63) is 53.7 Å². The number of aromatic nitrogens is 2. The van der Waals surface area contributed by atoms with E-state index in [1.165, 1.54) is 11.3 Å². The van der Waals surface area contributed by atoms with E-state index in [2.05, 4.69) is 41.7 Å². The van der Waals surface area contributed by atoms with Crippen LogP contribution in [0, 0.1) is 0 Å². The lowest BCUT2D eigenvalue weighted by Crippen LogP contribution is -2.32. The van der Waals surface area contributed by atoms with Crippen LogP contribution in [0.15, 0.2) is 48.1 Å². The molecule has 1 aromatic carbocycles. The Balaban J connectivity index is 1.55. The van der Waals surface area contributed by atoms with E-state index in [1.807, 2.05) is 47.5 Å². The fourth-order valence-electron chi connectivity index (χ4n) is 2.67. The van der Waals surface area contributed by atoms with Crippen molar-refractivity contribution in [1.82, 2.24) is 14.9 Å². The Morgan fingerprint density at radius 1 is 1.21 bits per heavy atom. The summed E-state index contributed by atoms with van der Waals surface area (Å²) in [5, 5.41) is 10.8. The molecule has 0 saturated heterocycles. The molecule has 152 valence electrons. The number of rotatable bonds is 6. The minimum Gasteiger partial charge on any atom is -0.388 e. The zero-order chi connectivity index (χ0) is 21.0. The summed E-state index contributed by atoms with van der Waals surface area (Å²) >= 11 is 1.34. The summed E-state index contributed by atoms with van der Waals surface area (Å²) in [6.45, 7) is 6.04. The molecule has 2 heterocycles. The van der Waals surface area contributed by atoms with Crippen molar-refractivity contribution in [1.29, 1.82) is 0 Å². The highest BCUT2D eigenvalue weighted by molar-refractivity contribution is 7.14. The molecule has 0 fully saturated rings. The van der Waals surface area contributed by atoms with Gasteiger partial charge in [-0.25, -0.2) is 4.98 Å². The third kappa shape index (κ3) is 5.23. The SMILES string of the molecule is CNc1cccc(-c2csc(NC(=O)CNC(=O)c3ccn(C(C)(C)C)c3)n2)c1. The number of carbonyl (C=O) groups excluding carboxylic acids is 2. The summed E-state index contributed by atoms with van der Waals surface area (Å²) < 4.78 is 1.96. The van der Waals surface area contributed by atoms with Crippen molar-refractivity contribution in [2.45, 2.75) is 26.3 Å². The lowest BCUT2D eigenvalue weighted by Gasteiger charge is -2.20. The molecule has 0 saturated carbocycles. The van der Waals surface area contributed by atoms with Crippen LogP contribution in [0.4, 0.5) is 10.8 Å². The monoisotopic (exact) mass is 411 g/mol. The van der Waals surface area contributed by atoms with Crippen molar-refractivity contribution in [3.63, 3.8) is 0 Å². The van der Waals surface area contributed by atoms with Gasteiger partial charge in [0, 0.05) is 41.6 Å². The molecule has 3 rings (SSSR count). The van der Waals surface area contributed by atoms with Gasteiger partial charge in [-0.2, -0.15) is 0 Å². The van der Waals surface area contributed by atoms with Gasteiger partial charge in [0.05, 0.1) is 17.8 Å². The maximum Gasteiger partial charge on any atom is 0.253 e. The molecule has 0 aliphatic carbocycles. The Morgan fingerprint density at radius 2 is 2.00 bits per heavy atom. The fourth-order valence-corrected chi connectivity index (χ4v) is 3.41. The molecular weight excluding hydrogens is 386 g/mol. The Labute approximate surface area is 174 Å². The molecule has 7 nitrogen and oxygen atoms in total. The Hall–Kier alpha value is -3.13. The predicted octanol–water partition coefficient (Wildman–Crippen LogP) is 3.78. The first-order valence-corrected chi connectivity index (χ1v) is 10.1. The van der Waals surface area contributed by atoms with Gasteiger partial charge < -0.3 is 20.5 Å². The maximum absolute atomic E-state index is 12.3. The van der Waals surface area contributed by atoms with E-state index in [0.29, 0.717) is 10.7 Å². The Bertz CT molecular complexity index is 1020. The zero-order valence-corrected chi connectivity index (χ0v) is 17.8. The first-order valence-electron chi connectivity index (χ1n) is 9.26. The van der Waals surface area contributed by atoms with Crippen LogP contribution in [0.3, 0.4) is 0 Å². The minimum atomic E-state index is -0.321. The highest BCUT2D eigenvalue weighted by atomic mass is 32.1. The summed E-state index contributed by atoms with van der Waals surface area (Å²) in [4.78, 5) is 28.9. The normalized spacial score (nSPS) is 11.2. The van der Waals surface area contributed by atoms with Gasteiger partial charge in [0.25, 0.3) is 5.91 Å². The average molecular weight is 412 g/mol. The Morgan fingerprint density at radius 3 is 2.69 bits per heavy atom. The van der Waals surface area contributed by atoms with E-state index in [0.717, 1.165) is 16.9 Å². The largest absolute Gasteiger partial charge is 0.388 e. The quantitative estimate of drug-likeness (QED) is 0.576. The Kier molecular flexibility index (Phi) is 6.03. The van der Waals surface area contributed by atoms with Gasteiger partial charge in [-0.1, -0.05) is 12.1 Å². The summed E-state index contributed by atoms with van der Waals surface area (Å²) in [6.07, 6.45) is 3.63. The van der Waals surface area contributed by atoms with Crippen LogP contribution in [-0.2, 0) is 10.3 Å². The molecule has 3 aromatic rings. The summed E-state index contributed by atoms with van der Waals surface area (Å²) in [5.74, 6) is -0.606. The molecule has 0 aliphatic heterocycles. The smallest absolute Gasteiger partial charge is 0.253 e. The second kappa shape index (κ2) is 8.48. The first kappa shape index (κ1) is 20.6. The molecule has 0 bridgehead atoms. The van der Waals surface area contributed by atoms with E-state index >= 15 is 0 Å². The lowest BCUT2D eigenvalue weighted by atomic mass is 10.1. The number of amides is 2. The molecule has 2 aromatic heterocycles. The third-order valence-electron chi connectivity index (χ3n) is 4.34. The number of benzene rings is 1. The molecule has 2 amide bonds. The first-order chi connectivity index (χ1) is 13.8. The van der Waals surface area contributed by atoms with Gasteiger partial charge in [-0.15, -0.1) is 11.3 Å². The van der Waals surface area contributed by atoms with Gasteiger partial charge in [0.1, 0.15) is 0 Å². The number of anilines is 2. The second-order valence-electron chi connectivity index (χ2n) is 7.58. The predicted molar refractivity (Wildman–Crippen MR) is 117 cm³/mol. The van der Waals surface area contributed by atoms with Crippen molar-refractivity contribution in [2.24, 2.45) is 0 Å². The van der Waals surface area contributed by atoms with Gasteiger partial charge in [0.15, 0.2) is 5.13 Å². The van der Waals surface area contributed by atoms with Crippen LogP contribution >= 0.6 is 11.3 Å². The summed E-state index contributed by atoms with van der Waals surface area (Å²) in [6, 6.07) is 9.61. The summed E-state index contributed by atoms with van der Waals surface area (Å²) in [7, 11) is 1.86. The van der Waals surface area contributed by atoms with E-state index in [1.54, 1.807) is 12.3 Å². The van der Waals surface area contributed by atoms with Crippen LogP contribution in [-0.4, -0.2) is 35.0 Å². The average Bonchev–Trinajstić information content (AvgIpc) is 3.36. The molecule has 0 unspecified atom stereocenters. The van der Waals surface area contributed by atoms with E-state index in [9.17, 15) is 9.59 Å². The van der Waals surface area contributed by atoms with Gasteiger partial charge in [-0.3, -0.25) is 9.59 Å². The highest BCUT2D eigenvalue weighted by Crippen LogP contribution is 2.26. The number of nitrogens with zero attached hydrogens (tertiary/aromatic N) is 2. The van der Waals surface area contributed by atoms with Crippen LogP contribution in [0.25, 0.3) is 11.3 Å². The topological polar surface area (TPSA) is 88.0 Å². The van der Waals surface area contributed by atoms with Gasteiger partial charge in [-0.05, 0) is 39.0 Å². The molecule has 0 radical (unpaired) electrons. The van der Waals surface area contributed by atoms with Crippen LogP contribution < -0.4 is 16.0 Å². The number of thiazole rings is 1.